The number of hydrogen-bond donors (Lipinski definition) is 2. The highest BCUT2D eigenvalue weighted by Crippen LogP contribution is 2.24. The van der Waals surface area contributed by atoms with Crippen molar-refractivity contribution in [1.29, 1.82) is 0 Å². The SMILES string of the molecule is Cc1ncc(C(Cc2cc(F)ccc2C)NN)s1. The fraction of sp³-hybridized carbons (Fsp3) is 0.308. The summed E-state index contributed by atoms with van der Waals surface area (Å²) >= 11 is 1.60. The third-order valence-corrected chi connectivity index (χ3v) is 3.95. The molecule has 0 aliphatic carbocycles. The van der Waals surface area contributed by atoms with E-state index in [4.69, 9.17) is 5.84 Å². The van der Waals surface area contributed by atoms with Crippen LogP contribution in [-0.2, 0) is 6.42 Å². The standard InChI is InChI=1S/C13H16FN3S/c1-8-3-4-11(14)5-10(8)6-12(17-15)13-7-16-9(2)18-13/h3-5,7,12,17H,6,15H2,1-2H3. The molecule has 0 spiro atoms. The Kier molecular flexibility index (Phi) is 4.06. The molecule has 0 aliphatic heterocycles. The molecule has 1 unspecified atom stereocenters. The van der Waals surface area contributed by atoms with Gasteiger partial charge >= 0.3 is 0 Å². The summed E-state index contributed by atoms with van der Waals surface area (Å²) in [7, 11) is 0. The van der Waals surface area contributed by atoms with Crippen molar-refractivity contribution in [2.75, 3.05) is 0 Å². The first kappa shape index (κ1) is 13.1. The summed E-state index contributed by atoms with van der Waals surface area (Å²) in [6, 6.07) is 4.79. The second-order valence-electron chi connectivity index (χ2n) is 4.28. The van der Waals surface area contributed by atoms with Gasteiger partial charge in [0, 0.05) is 11.1 Å². The van der Waals surface area contributed by atoms with E-state index < -0.39 is 0 Å². The molecule has 0 fully saturated rings. The van der Waals surface area contributed by atoms with Crippen LogP contribution in [0.1, 0.15) is 27.1 Å². The van der Waals surface area contributed by atoms with Crippen LogP contribution in [0, 0.1) is 19.7 Å². The lowest BCUT2D eigenvalue weighted by atomic mass is 10.0. The molecule has 2 aromatic rings. The highest BCUT2D eigenvalue weighted by Gasteiger charge is 2.14. The van der Waals surface area contributed by atoms with Crippen LogP contribution < -0.4 is 11.3 Å². The van der Waals surface area contributed by atoms with Gasteiger partial charge in [-0.15, -0.1) is 11.3 Å². The first-order valence-electron chi connectivity index (χ1n) is 5.73. The Morgan fingerprint density at radius 2 is 2.22 bits per heavy atom. The molecule has 5 heteroatoms. The third kappa shape index (κ3) is 2.93. The van der Waals surface area contributed by atoms with Gasteiger partial charge in [0.1, 0.15) is 5.82 Å². The van der Waals surface area contributed by atoms with Gasteiger partial charge in [-0.05, 0) is 43.5 Å². The number of hydrazine groups is 1. The average Bonchev–Trinajstić information content (AvgIpc) is 2.77. The number of nitrogens with one attached hydrogen (secondary N) is 1. The van der Waals surface area contributed by atoms with E-state index in [0.717, 1.165) is 21.0 Å². The molecule has 3 N–H and O–H groups in total. The minimum absolute atomic E-state index is 0.0308. The molecule has 1 aromatic carbocycles. The van der Waals surface area contributed by atoms with Crippen molar-refractivity contribution in [3.63, 3.8) is 0 Å². The fourth-order valence-electron chi connectivity index (χ4n) is 1.86. The Bertz CT molecular complexity index is 539. The molecule has 0 aliphatic rings. The van der Waals surface area contributed by atoms with Crippen molar-refractivity contribution < 1.29 is 4.39 Å². The summed E-state index contributed by atoms with van der Waals surface area (Å²) in [5.41, 5.74) is 4.80. The monoisotopic (exact) mass is 265 g/mol. The van der Waals surface area contributed by atoms with E-state index in [0.29, 0.717) is 6.42 Å². The van der Waals surface area contributed by atoms with E-state index in [1.165, 1.54) is 6.07 Å². The van der Waals surface area contributed by atoms with Gasteiger partial charge in [0.05, 0.1) is 11.0 Å². The van der Waals surface area contributed by atoms with Crippen LogP contribution in [0.25, 0.3) is 0 Å². The number of rotatable bonds is 4. The number of halogens is 1. The lowest BCUT2D eigenvalue weighted by Gasteiger charge is -2.15. The van der Waals surface area contributed by atoms with Crippen LogP contribution in [-0.4, -0.2) is 4.98 Å². The van der Waals surface area contributed by atoms with Gasteiger partial charge in [0.15, 0.2) is 0 Å². The maximum absolute atomic E-state index is 13.2. The van der Waals surface area contributed by atoms with Crippen molar-refractivity contribution in [3.8, 4) is 0 Å². The smallest absolute Gasteiger partial charge is 0.123 e. The van der Waals surface area contributed by atoms with Crippen LogP contribution >= 0.6 is 11.3 Å². The quantitative estimate of drug-likeness (QED) is 0.660. The van der Waals surface area contributed by atoms with Crippen LogP contribution in [0.2, 0.25) is 0 Å². The minimum atomic E-state index is -0.216. The van der Waals surface area contributed by atoms with E-state index in [1.807, 2.05) is 20.0 Å². The Hall–Kier alpha value is -1.30. The molecule has 0 saturated heterocycles. The maximum Gasteiger partial charge on any atom is 0.123 e. The average molecular weight is 265 g/mol. The van der Waals surface area contributed by atoms with Gasteiger partial charge in [-0.25, -0.2) is 9.37 Å². The molecule has 2 rings (SSSR count). The molecule has 3 nitrogen and oxygen atoms in total. The largest absolute Gasteiger partial charge is 0.271 e. The summed E-state index contributed by atoms with van der Waals surface area (Å²) in [4.78, 5) is 5.28. The third-order valence-electron chi connectivity index (χ3n) is 2.92. The molecular formula is C13H16FN3S. The first-order chi connectivity index (χ1) is 8.60. The van der Waals surface area contributed by atoms with Gasteiger partial charge in [-0.2, -0.15) is 0 Å². The molecule has 0 bridgehead atoms. The zero-order chi connectivity index (χ0) is 13.1. The first-order valence-corrected chi connectivity index (χ1v) is 6.55. The van der Waals surface area contributed by atoms with Crippen molar-refractivity contribution in [1.82, 2.24) is 10.4 Å². The minimum Gasteiger partial charge on any atom is -0.271 e. The lowest BCUT2D eigenvalue weighted by molar-refractivity contribution is 0.554. The fourth-order valence-corrected chi connectivity index (χ4v) is 2.71. The van der Waals surface area contributed by atoms with E-state index >= 15 is 0 Å². The van der Waals surface area contributed by atoms with Gasteiger partial charge in [0.25, 0.3) is 0 Å². The van der Waals surface area contributed by atoms with Crippen LogP contribution in [0.15, 0.2) is 24.4 Å². The normalized spacial score (nSPS) is 12.7. The summed E-state index contributed by atoms with van der Waals surface area (Å²) in [6.07, 6.45) is 2.47. The lowest BCUT2D eigenvalue weighted by Crippen LogP contribution is -2.29. The maximum atomic E-state index is 13.2. The molecule has 96 valence electrons. The van der Waals surface area contributed by atoms with Crippen LogP contribution in [0.3, 0.4) is 0 Å². The second kappa shape index (κ2) is 5.56. The highest BCUT2D eigenvalue weighted by atomic mass is 32.1. The number of aromatic nitrogens is 1. The predicted octanol–water partition coefficient (Wildman–Crippen LogP) is 2.65. The molecule has 0 saturated carbocycles. The molecule has 1 atom stereocenters. The Labute approximate surface area is 110 Å². The summed E-state index contributed by atoms with van der Waals surface area (Å²) in [5.74, 6) is 5.37. The molecular weight excluding hydrogens is 249 g/mol. The van der Waals surface area contributed by atoms with Gasteiger partial charge < -0.3 is 0 Å². The highest BCUT2D eigenvalue weighted by molar-refractivity contribution is 7.11. The van der Waals surface area contributed by atoms with Crippen molar-refractivity contribution >= 4 is 11.3 Å². The Morgan fingerprint density at radius 1 is 1.44 bits per heavy atom. The number of aryl methyl sites for hydroxylation is 2. The van der Waals surface area contributed by atoms with Crippen molar-refractivity contribution in [2.24, 2.45) is 5.84 Å². The summed E-state index contributed by atoms with van der Waals surface area (Å²) in [5, 5.41) is 1.00. The zero-order valence-electron chi connectivity index (χ0n) is 10.4. The van der Waals surface area contributed by atoms with Gasteiger partial charge in [0.2, 0.25) is 0 Å². The molecule has 1 aromatic heterocycles. The number of thiazole rings is 1. The second-order valence-corrected chi connectivity index (χ2v) is 5.54. The van der Waals surface area contributed by atoms with Gasteiger partial charge in [-0.1, -0.05) is 6.07 Å². The summed E-state index contributed by atoms with van der Waals surface area (Å²) < 4.78 is 13.2. The number of nitrogens with zero attached hydrogens (tertiary/aromatic N) is 1. The van der Waals surface area contributed by atoms with Crippen LogP contribution in [0.4, 0.5) is 4.39 Å². The van der Waals surface area contributed by atoms with Crippen molar-refractivity contribution in [2.45, 2.75) is 26.3 Å². The molecule has 0 amide bonds. The Morgan fingerprint density at radius 3 is 2.83 bits per heavy atom. The molecule has 0 radical (unpaired) electrons. The number of benzene rings is 1. The molecule has 18 heavy (non-hydrogen) atoms. The molecule has 1 heterocycles. The Balaban J connectivity index is 2.22. The van der Waals surface area contributed by atoms with Crippen LogP contribution in [0.5, 0.6) is 0 Å². The van der Waals surface area contributed by atoms with E-state index in [9.17, 15) is 4.39 Å². The number of hydrogen-bond acceptors (Lipinski definition) is 4. The van der Waals surface area contributed by atoms with Crippen molar-refractivity contribution in [3.05, 3.63) is 51.2 Å². The zero-order valence-corrected chi connectivity index (χ0v) is 11.2. The van der Waals surface area contributed by atoms with E-state index in [-0.39, 0.29) is 11.9 Å². The predicted molar refractivity (Wildman–Crippen MR) is 71.8 cm³/mol. The summed E-state index contributed by atoms with van der Waals surface area (Å²) in [6.45, 7) is 3.93. The number of nitrogens with two attached hydrogens (primary N) is 1. The van der Waals surface area contributed by atoms with E-state index in [1.54, 1.807) is 23.5 Å². The van der Waals surface area contributed by atoms with Gasteiger partial charge in [-0.3, -0.25) is 11.3 Å². The van der Waals surface area contributed by atoms with E-state index in [2.05, 4.69) is 10.4 Å². The topological polar surface area (TPSA) is 50.9 Å².